The lowest BCUT2D eigenvalue weighted by atomic mass is 9.98. The molecule has 0 radical (unpaired) electrons. The van der Waals surface area contributed by atoms with E-state index in [2.05, 4.69) is 28.5 Å². The van der Waals surface area contributed by atoms with Crippen molar-refractivity contribution in [3.05, 3.63) is 29.8 Å². The van der Waals surface area contributed by atoms with Crippen LogP contribution in [0, 0.1) is 0 Å². The monoisotopic (exact) mass is 279 g/mol. The van der Waals surface area contributed by atoms with Gasteiger partial charge in [-0.2, -0.15) is 8.42 Å². The highest BCUT2D eigenvalue weighted by atomic mass is 32.2. The van der Waals surface area contributed by atoms with Crippen LogP contribution in [0.5, 0.6) is 0 Å². The van der Waals surface area contributed by atoms with Gasteiger partial charge in [-0.3, -0.25) is 0 Å². The van der Waals surface area contributed by atoms with Crippen LogP contribution in [-0.2, 0) is 10.0 Å². The number of sulfonamides is 1. The van der Waals surface area contributed by atoms with Crippen molar-refractivity contribution in [1.29, 1.82) is 0 Å². The van der Waals surface area contributed by atoms with Crippen molar-refractivity contribution in [3.8, 4) is 0 Å². The lowest BCUT2D eigenvalue weighted by molar-refractivity contribution is 0.174. The third kappa shape index (κ3) is 1.95. The first kappa shape index (κ1) is 12.6. The summed E-state index contributed by atoms with van der Waals surface area (Å²) in [7, 11) is -3.53. The number of rotatable bonds is 0. The van der Waals surface area contributed by atoms with Crippen molar-refractivity contribution in [1.82, 2.24) is 10.2 Å². The number of nitrogens with one attached hydrogen (secondary N) is 1. The summed E-state index contributed by atoms with van der Waals surface area (Å²) >= 11 is 0. The Morgan fingerprint density at radius 3 is 2.79 bits per heavy atom. The Balaban J connectivity index is 2.12. The molecule has 0 spiro atoms. The second-order valence-corrected chi connectivity index (χ2v) is 7.10. The molecule has 0 saturated carbocycles. The Labute approximate surface area is 113 Å². The maximum Gasteiger partial charge on any atom is 0.285 e. The van der Waals surface area contributed by atoms with Gasteiger partial charge in [0.15, 0.2) is 5.84 Å². The molecule has 0 amide bonds. The van der Waals surface area contributed by atoms with Crippen LogP contribution in [0.1, 0.15) is 19.4 Å². The molecule has 0 bridgehead atoms. The maximum atomic E-state index is 12.1. The van der Waals surface area contributed by atoms with Gasteiger partial charge >= 0.3 is 0 Å². The highest BCUT2D eigenvalue weighted by Crippen LogP contribution is 2.30. The van der Waals surface area contributed by atoms with Gasteiger partial charge in [-0.25, -0.2) is 0 Å². The first-order valence-corrected chi connectivity index (χ1v) is 7.79. The minimum atomic E-state index is -3.53. The Hall–Kier alpha value is -1.40. The number of benzene rings is 1. The van der Waals surface area contributed by atoms with Crippen LogP contribution in [0.4, 0.5) is 0 Å². The van der Waals surface area contributed by atoms with Gasteiger partial charge in [0.05, 0.1) is 0 Å². The van der Waals surface area contributed by atoms with E-state index >= 15 is 0 Å². The normalized spacial score (nSPS) is 23.9. The summed E-state index contributed by atoms with van der Waals surface area (Å²) < 4.78 is 28.2. The summed E-state index contributed by atoms with van der Waals surface area (Å²) in [5, 5.41) is 3.33. The topological polar surface area (TPSA) is 61.8 Å². The highest BCUT2D eigenvalue weighted by Gasteiger charge is 2.38. The molecule has 2 aliphatic rings. The zero-order chi connectivity index (χ0) is 13.7. The van der Waals surface area contributed by atoms with Crippen molar-refractivity contribution in [2.45, 2.75) is 24.3 Å². The van der Waals surface area contributed by atoms with E-state index in [0.717, 1.165) is 25.2 Å². The zero-order valence-corrected chi connectivity index (χ0v) is 11.9. The van der Waals surface area contributed by atoms with Crippen LogP contribution < -0.4 is 5.32 Å². The number of hydrogen-bond donors (Lipinski definition) is 1. The fourth-order valence-electron chi connectivity index (χ4n) is 2.66. The second-order valence-electron chi connectivity index (χ2n) is 5.53. The summed E-state index contributed by atoms with van der Waals surface area (Å²) in [5.74, 6) is 0.585. The molecule has 0 aliphatic carbocycles. The number of amidine groups is 1. The Kier molecular flexibility index (Phi) is 2.69. The SMILES string of the molecule is CC1(C)CNCCN1C1=NS(=O)(=O)c2ccccc21. The van der Waals surface area contributed by atoms with E-state index in [-0.39, 0.29) is 5.54 Å². The molecule has 1 aromatic rings. The second kappa shape index (κ2) is 4.05. The molecule has 1 fully saturated rings. The summed E-state index contributed by atoms with van der Waals surface area (Å²) in [4.78, 5) is 2.41. The van der Waals surface area contributed by atoms with E-state index in [1.807, 2.05) is 12.1 Å². The Morgan fingerprint density at radius 2 is 2.05 bits per heavy atom. The highest BCUT2D eigenvalue weighted by molar-refractivity contribution is 7.90. The molecule has 6 heteroatoms. The van der Waals surface area contributed by atoms with Crippen molar-refractivity contribution >= 4 is 15.9 Å². The van der Waals surface area contributed by atoms with Gasteiger partial charge in [0.25, 0.3) is 10.0 Å². The number of hydrogen-bond acceptors (Lipinski definition) is 4. The predicted octanol–water partition coefficient (Wildman–Crippen LogP) is 0.819. The van der Waals surface area contributed by atoms with E-state index in [1.165, 1.54) is 0 Å². The molecule has 19 heavy (non-hydrogen) atoms. The maximum absolute atomic E-state index is 12.1. The lowest BCUT2D eigenvalue weighted by Gasteiger charge is -2.44. The number of piperazine rings is 1. The standard InChI is InChI=1S/C13H17N3O2S/c1-13(2)9-14-7-8-16(13)12-10-5-3-4-6-11(10)19(17,18)15-12/h3-6,14H,7-9H2,1-2H3. The molecule has 3 rings (SSSR count). The van der Waals surface area contributed by atoms with E-state index < -0.39 is 10.0 Å². The minimum Gasteiger partial charge on any atom is -0.348 e. The van der Waals surface area contributed by atoms with Crippen LogP contribution >= 0.6 is 0 Å². The van der Waals surface area contributed by atoms with Gasteiger partial charge < -0.3 is 10.2 Å². The molecule has 1 N–H and O–H groups in total. The molecule has 1 aromatic carbocycles. The number of nitrogens with zero attached hydrogens (tertiary/aromatic N) is 2. The lowest BCUT2D eigenvalue weighted by Crippen LogP contribution is -2.59. The average Bonchev–Trinajstić information content (AvgIpc) is 2.62. The largest absolute Gasteiger partial charge is 0.348 e. The molecule has 5 nitrogen and oxygen atoms in total. The van der Waals surface area contributed by atoms with E-state index in [0.29, 0.717) is 10.7 Å². The van der Waals surface area contributed by atoms with Crippen LogP contribution in [0.3, 0.4) is 0 Å². The molecule has 2 heterocycles. The molecule has 102 valence electrons. The summed E-state index contributed by atoms with van der Waals surface area (Å²) in [6.45, 7) is 6.60. The van der Waals surface area contributed by atoms with Gasteiger partial charge in [0, 0.05) is 30.7 Å². The smallest absolute Gasteiger partial charge is 0.285 e. The molecule has 0 aromatic heterocycles. The van der Waals surface area contributed by atoms with Gasteiger partial charge in [0.1, 0.15) is 4.90 Å². The van der Waals surface area contributed by atoms with Crippen molar-refractivity contribution in [2.24, 2.45) is 4.40 Å². The van der Waals surface area contributed by atoms with Crippen molar-refractivity contribution in [3.63, 3.8) is 0 Å². The van der Waals surface area contributed by atoms with Crippen molar-refractivity contribution in [2.75, 3.05) is 19.6 Å². The first-order valence-electron chi connectivity index (χ1n) is 6.35. The van der Waals surface area contributed by atoms with Gasteiger partial charge in [0.2, 0.25) is 0 Å². The van der Waals surface area contributed by atoms with E-state index in [1.54, 1.807) is 12.1 Å². The third-order valence-corrected chi connectivity index (χ3v) is 4.99. The summed E-state index contributed by atoms with van der Waals surface area (Å²) in [6.07, 6.45) is 0. The molecule has 0 atom stereocenters. The Bertz CT molecular complexity index is 650. The van der Waals surface area contributed by atoms with Crippen LogP contribution in [0.2, 0.25) is 0 Å². The van der Waals surface area contributed by atoms with E-state index in [4.69, 9.17) is 0 Å². The molecular formula is C13H17N3O2S. The van der Waals surface area contributed by atoms with Crippen molar-refractivity contribution < 1.29 is 8.42 Å². The van der Waals surface area contributed by atoms with Gasteiger partial charge in [-0.15, -0.1) is 4.40 Å². The fraction of sp³-hybridized carbons (Fsp3) is 0.462. The predicted molar refractivity (Wildman–Crippen MR) is 73.8 cm³/mol. The third-order valence-electron chi connectivity index (χ3n) is 3.67. The molecule has 1 saturated heterocycles. The molecule has 0 unspecified atom stereocenters. The fourth-order valence-corrected chi connectivity index (χ4v) is 3.87. The average molecular weight is 279 g/mol. The zero-order valence-electron chi connectivity index (χ0n) is 11.0. The van der Waals surface area contributed by atoms with Crippen LogP contribution in [0.25, 0.3) is 0 Å². The summed E-state index contributed by atoms with van der Waals surface area (Å²) in [6, 6.07) is 7.04. The quantitative estimate of drug-likeness (QED) is 0.764. The first-order chi connectivity index (χ1) is 8.92. The van der Waals surface area contributed by atoms with Gasteiger partial charge in [-0.05, 0) is 26.0 Å². The Morgan fingerprint density at radius 1 is 1.32 bits per heavy atom. The van der Waals surface area contributed by atoms with Crippen LogP contribution in [0.15, 0.2) is 33.6 Å². The van der Waals surface area contributed by atoms with Crippen LogP contribution in [-0.4, -0.2) is 44.3 Å². The van der Waals surface area contributed by atoms with Gasteiger partial charge in [-0.1, -0.05) is 12.1 Å². The minimum absolute atomic E-state index is 0.149. The molecule has 2 aliphatic heterocycles. The van der Waals surface area contributed by atoms with E-state index in [9.17, 15) is 8.42 Å². The number of fused-ring (bicyclic) bond motifs is 1. The summed E-state index contributed by atoms with van der Waals surface area (Å²) in [5.41, 5.74) is 0.571. The molecular weight excluding hydrogens is 262 g/mol.